The average Bonchev–Trinajstić information content (AvgIpc) is 3.01. The number of hydrogen-bond donors (Lipinski definition) is 0. The van der Waals surface area contributed by atoms with E-state index in [1.807, 2.05) is 0 Å². The molecule has 0 aliphatic heterocycles. The molecule has 1 heterocycles. The van der Waals surface area contributed by atoms with Crippen LogP contribution in [0.25, 0.3) is 22.6 Å². The molecule has 144 valence electrons. The van der Waals surface area contributed by atoms with Crippen molar-refractivity contribution in [3.05, 3.63) is 53.1 Å². The molecule has 0 bridgehead atoms. The molecule has 0 radical (unpaired) electrons. The Morgan fingerprint density at radius 1 is 0.889 bits per heavy atom. The van der Waals surface area contributed by atoms with Crippen molar-refractivity contribution < 1.29 is 4.42 Å². The number of rotatable bonds is 4. The minimum atomic E-state index is 0.000321. The van der Waals surface area contributed by atoms with E-state index in [-0.39, 0.29) is 10.8 Å². The Kier molecular flexibility index (Phi) is 5.20. The number of nitrogens with zero attached hydrogens (tertiary/aromatic N) is 1. The van der Waals surface area contributed by atoms with E-state index in [1.54, 1.807) is 0 Å². The third-order valence-electron chi connectivity index (χ3n) is 5.18. The largest absolute Gasteiger partial charge is 0.436 e. The van der Waals surface area contributed by atoms with E-state index in [9.17, 15) is 0 Å². The highest BCUT2D eigenvalue weighted by Gasteiger charge is 2.25. The van der Waals surface area contributed by atoms with Crippen LogP contribution in [0.5, 0.6) is 0 Å². The van der Waals surface area contributed by atoms with Crippen LogP contribution in [-0.2, 0) is 17.3 Å². The van der Waals surface area contributed by atoms with Crippen LogP contribution in [0.15, 0.2) is 40.8 Å². The summed E-state index contributed by atoms with van der Waals surface area (Å²) >= 11 is 0. The molecule has 3 aromatic rings. The summed E-state index contributed by atoms with van der Waals surface area (Å²) in [5.74, 6) is 0.712. The summed E-state index contributed by atoms with van der Waals surface area (Å²) < 4.78 is 6.29. The van der Waals surface area contributed by atoms with Crippen LogP contribution in [0.2, 0.25) is 0 Å². The zero-order valence-corrected chi connectivity index (χ0v) is 17.9. The van der Waals surface area contributed by atoms with Crippen molar-refractivity contribution >= 4 is 11.1 Å². The zero-order valence-electron chi connectivity index (χ0n) is 17.9. The van der Waals surface area contributed by atoms with E-state index in [0.29, 0.717) is 5.89 Å². The fourth-order valence-electron chi connectivity index (χ4n) is 3.34. The molecular weight excluding hydrogens is 330 g/mol. The van der Waals surface area contributed by atoms with Gasteiger partial charge >= 0.3 is 0 Å². The summed E-state index contributed by atoms with van der Waals surface area (Å²) in [6, 6.07) is 13.2. The lowest BCUT2D eigenvalue weighted by Gasteiger charge is -2.24. The number of unbranched alkanes of at least 4 members (excludes halogenated alkanes) is 1. The molecule has 0 aliphatic carbocycles. The molecule has 0 saturated carbocycles. The predicted molar refractivity (Wildman–Crippen MR) is 115 cm³/mol. The Labute approximate surface area is 164 Å². The lowest BCUT2D eigenvalue weighted by Crippen LogP contribution is -2.16. The van der Waals surface area contributed by atoms with E-state index < -0.39 is 0 Å². The highest BCUT2D eigenvalue weighted by molar-refractivity contribution is 5.81. The molecule has 0 fully saturated rings. The fourth-order valence-corrected chi connectivity index (χ4v) is 3.34. The van der Waals surface area contributed by atoms with Crippen molar-refractivity contribution in [1.82, 2.24) is 4.98 Å². The van der Waals surface area contributed by atoms with Gasteiger partial charge < -0.3 is 4.42 Å². The second kappa shape index (κ2) is 7.14. The molecule has 0 N–H and O–H groups in total. The van der Waals surface area contributed by atoms with Gasteiger partial charge in [-0.3, -0.25) is 0 Å². The molecule has 0 unspecified atom stereocenters. The summed E-state index contributed by atoms with van der Waals surface area (Å²) in [6.07, 6.45) is 3.58. The van der Waals surface area contributed by atoms with Crippen molar-refractivity contribution in [2.24, 2.45) is 0 Å². The number of aryl methyl sites for hydroxylation is 1. The van der Waals surface area contributed by atoms with Gasteiger partial charge in [-0.25, -0.2) is 4.98 Å². The standard InChI is InChI=1S/C25H33NO/c1-8-9-10-17-11-13-18(14-12-17)23-26-21-16-19(24(2,3)4)15-20(22(21)27-23)25(5,6)7/h11-16H,8-10H2,1-7H3. The van der Waals surface area contributed by atoms with Crippen molar-refractivity contribution in [3.8, 4) is 11.5 Å². The third kappa shape index (κ3) is 4.26. The van der Waals surface area contributed by atoms with Gasteiger partial charge in [0.05, 0.1) is 0 Å². The normalized spacial score (nSPS) is 12.7. The Bertz CT molecular complexity index is 918. The zero-order chi connectivity index (χ0) is 19.8. The van der Waals surface area contributed by atoms with Gasteiger partial charge in [0.2, 0.25) is 5.89 Å². The Morgan fingerprint density at radius 2 is 1.56 bits per heavy atom. The first-order valence-corrected chi connectivity index (χ1v) is 10.1. The van der Waals surface area contributed by atoms with Crippen LogP contribution in [0.4, 0.5) is 0 Å². The van der Waals surface area contributed by atoms with Crippen LogP contribution >= 0.6 is 0 Å². The van der Waals surface area contributed by atoms with Crippen molar-refractivity contribution in [2.75, 3.05) is 0 Å². The molecule has 0 saturated heterocycles. The molecule has 3 rings (SSSR count). The van der Waals surface area contributed by atoms with E-state index in [4.69, 9.17) is 9.40 Å². The summed E-state index contributed by atoms with van der Waals surface area (Å²) in [4.78, 5) is 4.86. The Hall–Kier alpha value is -2.09. The molecule has 2 heteroatoms. The van der Waals surface area contributed by atoms with Gasteiger partial charge in [0.15, 0.2) is 5.58 Å². The Balaban J connectivity index is 2.08. The molecule has 0 aliphatic rings. The van der Waals surface area contributed by atoms with Gasteiger partial charge in [0.25, 0.3) is 0 Å². The monoisotopic (exact) mass is 363 g/mol. The molecule has 27 heavy (non-hydrogen) atoms. The summed E-state index contributed by atoms with van der Waals surface area (Å²) in [5.41, 5.74) is 6.90. The maximum absolute atomic E-state index is 6.29. The number of fused-ring (bicyclic) bond motifs is 1. The molecule has 0 atom stereocenters. The SMILES string of the molecule is CCCCc1ccc(-c2nc3cc(C(C)(C)C)cc(C(C)(C)C)c3o2)cc1. The molecular formula is C25H33NO. The van der Waals surface area contributed by atoms with E-state index in [1.165, 1.54) is 29.5 Å². The molecule has 0 spiro atoms. The van der Waals surface area contributed by atoms with Crippen LogP contribution in [-0.4, -0.2) is 4.98 Å². The lowest BCUT2D eigenvalue weighted by atomic mass is 9.80. The topological polar surface area (TPSA) is 26.0 Å². The smallest absolute Gasteiger partial charge is 0.227 e. The van der Waals surface area contributed by atoms with Gasteiger partial charge in [-0.15, -0.1) is 0 Å². The second-order valence-electron chi connectivity index (χ2n) is 9.69. The first-order valence-electron chi connectivity index (χ1n) is 10.1. The van der Waals surface area contributed by atoms with Gasteiger partial charge in [-0.1, -0.05) is 73.1 Å². The van der Waals surface area contributed by atoms with Gasteiger partial charge in [-0.05, 0) is 53.0 Å². The van der Waals surface area contributed by atoms with Gasteiger partial charge in [0.1, 0.15) is 5.52 Å². The van der Waals surface area contributed by atoms with Gasteiger partial charge in [-0.2, -0.15) is 0 Å². The lowest BCUT2D eigenvalue weighted by molar-refractivity contribution is 0.552. The average molecular weight is 364 g/mol. The van der Waals surface area contributed by atoms with Crippen LogP contribution < -0.4 is 0 Å². The van der Waals surface area contributed by atoms with E-state index in [0.717, 1.165) is 23.1 Å². The minimum Gasteiger partial charge on any atom is -0.436 e. The quantitative estimate of drug-likeness (QED) is 0.481. The minimum absolute atomic E-state index is 0.000321. The van der Waals surface area contributed by atoms with Crippen molar-refractivity contribution in [2.45, 2.75) is 78.6 Å². The number of hydrogen-bond acceptors (Lipinski definition) is 2. The summed E-state index contributed by atoms with van der Waals surface area (Å²) in [6.45, 7) is 15.7. The van der Waals surface area contributed by atoms with Crippen molar-refractivity contribution in [1.29, 1.82) is 0 Å². The summed E-state index contributed by atoms with van der Waals surface area (Å²) in [5, 5.41) is 0. The van der Waals surface area contributed by atoms with Crippen LogP contribution in [0, 0.1) is 0 Å². The molecule has 2 nitrogen and oxygen atoms in total. The maximum atomic E-state index is 6.29. The van der Waals surface area contributed by atoms with Crippen LogP contribution in [0.3, 0.4) is 0 Å². The molecule has 1 aromatic heterocycles. The predicted octanol–water partition coefficient (Wildman–Crippen LogP) is 7.43. The second-order valence-corrected chi connectivity index (χ2v) is 9.69. The number of benzene rings is 2. The van der Waals surface area contributed by atoms with E-state index in [2.05, 4.69) is 84.9 Å². The highest BCUT2D eigenvalue weighted by atomic mass is 16.3. The third-order valence-corrected chi connectivity index (χ3v) is 5.18. The first kappa shape index (κ1) is 19.7. The Morgan fingerprint density at radius 3 is 2.11 bits per heavy atom. The highest BCUT2D eigenvalue weighted by Crippen LogP contribution is 2.37. The van der Waals surface area contributed by atoms with Gasteiger partial charge in [0, 0.05) is 11.1 Å². The fraction of sp³-hybridized carbons (Fsp3) is 0.480. The molecule has 0 amide bonds. The van der Waals surface area contributed by atoms with E-state index >= 15 is 0 Å². The number of oxazole rings is 1. The maximum Gasteiger partial charge on any atom is 0.227 e. The number of aromatic nitrogens is 1. The van der Waals surface area contributed by atoms with Crippen molar-refractivity contribution in [3.63, 3.8) is 0 Å². The molecule has 2 aromatic carbocycles. The summed E-state index contributed by atoms with van der Waals surface area (Å²) in [7, 11) is 0. The first-order chi connectivity index (χ1) is 12.6. The van der Waals surface area contributed by atoms with Crippen LogP contribution in [0.1, 0.15) is 78.0 Å².